The van der Waals surface area contributed by atoms with Crippen molar-refractivity contribution in [3.8, 4) is 0 Å². The molecule has 1 N–H and O–H groups in total. The quantitative estimate of drug-likeness (QED) is 0.846. The third kappa shape index (κ3) is 2.11. The molecule has 3 nitrogen and oxygen atoms in total. The van der Waals surface area contributed by atoms with Gasteiger partial charge in [0.1, 0.15) is 0 Å². The van der Waals surface area contributed by atoms with Gasteiger partial charge in [-0.3, -0.25) is 4.90 Å². The van der Waals surface area contributed by atoms with Crippen LogP contribution in [0.1, 0.15) is 18.5 Å². The third-order valence-corrected chi connectivity index (χ3v) is 4.26. The molecule has 2 aliphatic rings. The van der Waals surface area contributed by atoms with Crippen molar-refractivity contribution >= 4 is 17.3 Å². The molecule has 0 radical (unpaired) electrons. The molecule has 2 unspecified atom stereocenters. The Labute approximate surface area is 113 Å². The number of fused-ring (bicyclic) bond motifs is 1. The molecular formula is C14H19ClN2O. The highest BCUT2D eigenvalue weighted by Gasteiger charge is 2.32. The van der Waals surface area contributed by atoms with Gasteiger partial charge in [0, 0.05) is 25.7 Å². The van der Waals surface area contributed by atoms with Gasteiger partial charge < -0.3 is 10.1 Å². The van der Waals surface area contributed by atoms with Crippen molar-refractivity contribution in [3.63, 3.8) is 0 Å². The molecule has 2 atom stereocenters. The summed E-state index contributed by atoms with van der Waals surface area (Å²) in [4.78, 5) is 2.53. The summed E-state index contributed by atoms with van der Waals surface area (Å²) in [6.45, 7) is 7.00. The van der Waals surface area contributed by atoms with Gasteiger partial charge in [0.05, 0.1) is 23.9 Å². The van der Waals surface area contributed by atoms with Crippen LogP contribution in [0.4, 0.5) is 5.69 Å². The van der Waals surface area contributed by atoms with Crippen LogP contribution in [0.2, 0.25) is 5.02 Å². The minimum atomic E-state index is 0.462. The number of hydrogen-bond acceptors (Lipinski definition) is 3. The number of ether oxygens (including phenoxy) is 1. The molecule has 2 aliphatic heterocycles. The number of rotatable bonds is 1. The summed E-state index contributed by atoms with van der Waals surface area (Å²) in [6, 6.07) is 6.67. The molecule has 0 amide bonds. The van der Waals surface area contributed by atoms with Crippen molar-refractivity contribution in [2.45, 2.75) is 13.0 Å². The van der Waals surface area contributed by atoms with Gasteiger partial charge in [0.15, 0.2) is 0 Å². The summed E-state index contributed by atoms with van der Waals surface area (Å²) in [6.07, 6.45) is 0. The molecule has 4 heteroatoms. The molecule has 1 fully saturated rings. The van der Waals surface area contributed by atoms with E-state index in [2.05, 4.69) is 23.2 Å². The van der Waals surface area contributed by atoms with E-state index in [1.165, 1.54) is 5.56 Å². The number of anilines is 1. The lowest BCUT2D eigenvalue weighted by atomic mass is 9.88. The zero-order valence-electron chi connectivity index (χ0n) is 10.7. The topological polar surface area (TPSA) is 24.5 Å². The predicted octanol–water partition coefficient (Wildman–Crippen LogP) is 2.77. The van der Waals surface area contributed by atoms with Gasteiger partial charge in [-0.05, 0) is 17.5 Å². The zero-order valence-corrected chi connectivity index (χ0v) is 11.4. The number of nitrogens with zero attached hydrogens (tertiary/aromatic N) is 1. The van der Waals surface area contributed by atoms with E-state index in [1.54, 1.807) is 0 Å². The number of halogens is 1. The van der Waals surface area contributed by atoms with E-state index in [0.717, 1.165) is 43.6 Å². The largest absolute Gasteiger partial charge is 0.383 e. The standard InChI is InChI=1S/C14H19ClN2O/c1-10-9-16-13-11(3-2-4-12(13)15)14(10)17-5-7-18-8-6-17/h2-4,10,14,16H,5-9H2,1H3. The van der Waals surface area contributed by atoms with Crippen molar-refractivity contribution in [3.05, 3.63) is 28.8 Å². The van der Waals surface area contributed by atoms with Crippen molar-refractivity contribution < 1.29 is 4.74 Å². The second-order valence-electron chi connectivity index (χ2n) is 5.16. The Hall–Kier alpha value is -0.770. The molecule has 0 bridgehead atoms. The monoisotopic (exact) mass is 266 g/mol. The second-order valence-corrected chi connectivity index (χ2v) is 5.56. The van der Waals surface area contributed by atoms with Crippen LogP contribution in [0.5, 0.6) is 0 Å². The zero-order chi connectivity index (χ0) is 12.5. The van der Waals surface area contributed by atoms with Crippen LogP contribution in [0.25, 0.3) is 0 Å². The fourth-order valence-corrected chi connectivity index (χ4v) is 3.32. The van der Waals surface area contributed by atoms with E-state index < -0.39 is 0 Å². The van der Waals surface area contributed by atoms with Gasteiger partial charge in [-0.2, -0.15) is 0 Å². The first kappa shape index (κ1) is 12.3. The Morgan fingerprint density at radius 2 is 2.11 bits per heavy atom. The Morgan fingerprint density at radius 1 is 1.33 bits per heavy atom. The first-order valence-electron chi connectivity index (χ1n) is 6.61. The molecule has 0 aromatic heterocycles. The molecule has 3 rings (SSSR count). The van der Waals surface area contributed by atoms with Gasteiger partial charge in [-0.15, -0.1) is 0 Å². The van der Waals surface area contributed by atoms with Crippen molar-refractivity contribution in [1.82, 2.24) is 4.90 Å². The summed E-state index contributed by atoms with van der Waals surface area (Å²) in [5, 5.41) is 4.29. The van der Waals surface area contributed by atoms with Crippen LogP contribution in [0.15, 0.2) is 18.2 Å². The average molecular weight is 267 g/mol. The van der Waals surface area contributed by atoms with Gasteiger partial charge in [0.2, 0.25) is 0 Å². The summed E-state index contributed by atoms with van der Waals surface area (Å²) in [7, 11) is 0. The maximum atomic E-state index is 6.29. The molecule has 0 saturated carbocycles. The van der Waals surface area contributed by atoms with Crippen molar-refractivity contribution in [1.29, 1.82) is 0 Å². The van der Waals surface area contributed by atoms with E-state index in [-0.39, 0.29) is 0 Å². The summed E-state index contributed by atoms with van der Waals surface area (Å²) < 4.78 is 5.45. The van der Waals surface area contributed by atoms with Gasteiger partial charge in [-0.1, -0.05) is 30.7 Å². The Kier molecular flexibility index (Phi) is 3.46. The maximum absolute atomic E-state index is 6.29. The number of hydrogen-bond donors (Lipinski definition) is 1. The van der Waals surface area contributed by atoms with Crippen LogP contribution >= 0.6 is 11.6 Å². The fourth-order valence-electron chi connectivity index (χ4n) is 3.07. The number of nitrogens with one attached hydrogen (secondary N) is 1. The molecule has 0 spiro atoms. The van der Waals surface area contributed by atoms with Gasteiger partial charge in [0.25, 0.3) is 0 Å². The molecule has 0 aliphatic carbocycles. The molecule has 1 saturated heterocycles. The van der Waals surface area contributed by atoms with Crippen LogP contribution < -0.4 is 5.32 Å². The Bertz CT molecular complexity index is 432. The van der Waals surface area contributed by atoms with Crippen LogP contribution in [0, 0.1) is 5.92 Å². The summed E-state index contributed by atoms with van der Waals surface area (Å²) in [5.74, 6) is 0.592. The van der Waals surface area contributed by atoms with Gasteiger partial charge >= 0.3 is 0 Å². The molecule has 1 aromatic rings. The first-order chi connectivity index (χ1) is 8.77. The minimum absolute atomic E-state index is 0.462. The lowest BCUT2D eigenvalue weighted by molar-refractivity contribution is 0.00420. The maximum Gasteiger partial charge on any atom is 0.0640 e. The van der Waals surface area contributed by atoms with Crippen molar-refractivity contribution in [2.75, 3.05) is 38.2 Å². The van der Waals surface area contributed by atoms with Crippen LogP contribution in [-0.2, 0) is 4.74 Å². The van der Waals surface area contributed by atoms with Gasteiger partial charge in [-0.25, -0.2) is 0 Å². The summed E-state index contributed by atoms with van der Waals surface area (Å²) >= 11 is 6.29. The predicted molar refractivity (Wildman–Crippen MR) is 74.2 cm³/mol. The van der Waals surface area contributed by atoms with E-state index in [1.807, 2.05) is 12.1 Å². The highest BCUT2D eigenvalue weighted by atomic mass is 35.5. The second kappa shape index (κ2) is 5.08. The smallest absolute Gasteiger partial charge is 0.0640 e. The van der Waals surface area contributed by atoms with Crippen LogP contribution in [0.3, 0.4) is 0 Å². The Balaban J connectivity index is 1.96. The molecule has 98 valence electrons. The number of morpholine rings is 1. The van der Waals surface area contributed by atoms with E-state index in [9.17, 15) is 0 Å². The van der Waals surface area contributed by atoms with Crippen LogP contribution in [-0.4, -0.2) is 37.7 Å². The molecule has 18 heavy (non-hydrogen) atoms. The number of benzene rings is 1. The fraction of sp³-hybridized carbons (Fsp3) is 0.571. The SMILES string of the molecule is CC1CNc2c(Cl)cccc2C1N1CCOCC1. The minimum Gasteiger partial charge on any atom is -0.383 e. The number of para-hydroxylation sites is 1. The van der Waals surface area contributed by atoms with E-state index in [0.29, 0.717) is 12.0 Å². The third-order valence-electron chi connectivity index (χ3n) is 3.94. The highest BCUT2D eigenvalue weighted by Crippen LogP contribution is 2.41. The van der Waals surface area contributed by atoms with Crippen molar-refractivity contribution in [2.24, 2.45) is 5.92 Å². The normalized spacial score (nSPS) is 28.6. The molecular weight excluding hydrogens is 248 g/mol. The Morgan fingerprint density at radius 3 is 2.89 bits per heavy atom. The molecule has 2 heterocycles. The first-order valence-corrected chi connectivity index (χ1v) is 6.99. The average Bonchev–Trinajstić information content (AvgIpc) is 2.40. The van der Waals surface area contributed by atoms with E-state index >= 15 is 0 Å². The highest BCUT2D eigenvalue weighted by molar-refractivity contribution is 6.33. The lowest BCUT2D eigenvalue weighted by Gasteiger charge is -2.42. The lowest BCUT2D eigenvalue weighted by Crippen LogP contribution is -2.44. The van der Waals surface area contributed by atoms with E-state index in [4.69, 9.17) is 16.3 Å². The molecule has 1 aromatic carbocycles. The summed E-state index contributed by atoms with van der Waals surface area (Å²) in [5.41, 5.74) is 2.46.